The highest BCUT2D eigenvalue weighted by Crippen LogP contribution is 2.22. The largest absolute Gasteiger partial charge is 0.480 e. The van der Waals surface area contributed by atoms with Crippen LogP contribution >= 0.6 is 0 Å². The molecule has 0 spiro atoms. The molecule has 1 unspecified atom stereocenters. The standard InChI is InChI=1S/C23H26N4O3/c1-17(12-19-6-7-21(24-14-19)22-8-10-25-26-22)4-2-3-5-18-9-11-27(15-23(29)30)20(13-18)16-28/h6-11,13-14,17H,2-5,12,15H2,1H3,(H,25,26)(H,29,30). The molecule has 1 aliphatic heterocycles. The third-order valence-corrected chi connectivity index (χ3v) is 5.11. The minimum Gasteiger partial charge on any atom is -0.480 e. The van der Waals surface area contributed by atoms with Crippen molar-refractivity contribution >= 4 is 11.9 Å². The Bertz CT molecular complexity index is 955. The number of pyridine rings is 1. The SMILES string of the molecule is CC(CCCCC1=CC(=C=O)N(CC(=O)O)C=C1)Cc1ccc(-c2ccn[nH]2)nc1. The maximum atomic E-state index is 11.1. The number of carbonyl (C=O) groups excluding carboxylic acids is 1. The van der Waals surface area contributed by atoms with Crippen molar-refractivity contribution in [1.82, 2.24) is 20.1 Å². The van der Waals surface area contributed by atoms with Crippen LogP contribution in [-0.2, 0) is 16.0 Å². The Kier molecular flexibility index (Phi) is 7.35. The van der Waals surface area contributed by atoms with Crippen molar-refractivity contribution in [3.8, 4) is 11.4 Å². The Morgan fingerprint density at radius 2 is 2.17 bits per heavy atom. The van der Waals surface area contributed by atoms with Crippen LogP contribution in [0.3, 0.4) is 0 Å². The maximum absolute atomic E-state index is 11.1. The molecule has 0 bridgehead atoms. The molecule has 0 amide bonds. The van der Waals surface area contributed by atoms with Crippen molar-refractivity contribution in [2.75, 3.05) is 6.54 Å². The molecule has 3 heterocycles. The van der Waals surface area contributed by atoms with E-state index < -0.39 is 5.97 Å². The molecule has 0 saturated heterocycles. The molecule has 1 atom stereocenters. The number of rotatable bonds is 10. The van der Waals surface area contributed by atoms with Gasteiger partial charge in [-0.2, -0.15) is 5.10 Å². The lowest BCUT2D eigenvalue weighted by Crippen LogP contribution is -2.25. The fourth-order valence-corrected chi connectivity index (χ4v) is 3.53. The third-order valence-electron chi connectivity index (χ3n) is 5.11. The zero-order valence-corrected chi connectivity index (χ0v) is 17.0. The molecule has 1 aliphatic rings. The van der Waals surface area contributed by atoms with Gasteiger partial charge in [0, 0.05) is 18.6 Å². The van der Waals surface area contributed by atoms with Gasteiger partial charge in [-0.05, 0) is 60.6 Å². The lowest BCUT2D eigenvalue weighted by Gasteiger charge is -2.21. The van der Waals surface area contributed by atoms with Gasteiger partial charge in [0.2, 0.25) is 0 Å². The average molecular weight is 406 g/mol. The molecular weight excluding hydrogens is 380 g/mol. The van der Waals surface area contributed by atoms with Gasteiger partial charge in [0.25, 0.3) is 0 Å². The number of carboxylic acids is 1. The van der Waals surface area contributed by atoms with Crippen LogP contribution in [0.15, 0.2) is 60.2 Å². The number of aromatic amines is 1. The van der Waals surface area contributed by atoms with Gasteiger partial charge in [-0.1, -0.05) is 25.8 Å². The second kappa shape index (κ2) is 10.4. The molecule has 0 saturated carbocycles. The van der Waals surface area contributed by atoms with E-state index in [1.54, 1.807) is 18.5 Å². The second-order valence-electron chi connectivity index (χ2n) is 7.62. The summed E-state index contributed by atoms with van der Waals surface area (Å²) in [6.07, 6.45) is 14.0. The molecule has 0 radical (unpaired) electrons. The molecule has 2 aromatic heterocycles. The Morgan fingerprint density at radius 1 is 1.30 bits per heavy atom. The highest BCUT2D eigenvalue weighted by Gasteiger charge is 2.14. The smallest absolute Gasteiger partial charge is 0.323 e. The predicted molar refractivity (Wildman–Crippen MR) is 114 cm³/mol. The van der Waals surface area contributed by atoms with Crippen molar-refractivity contribution < 1.29 is 14.7 Å². The quantitative estimate of drug-likeness (QED) is 0.460. The number of nitrogens with zero attached hydrogens (tertiary/aromatic N) is 3. The van der Waals surface area contributed by atoms with Gasteiger partial charge in [0.15, 0.2) is 5.94 Å². The van der Waals surface area contributed by atoms with E-state index in [1.165, 1.54) is 10.5 Å². The summed E-state index contributed by atoms with van der Waals surface area (Å²) in [4.78, 5) is 27.8. The first-order chi connectivity index (χ1) is 14.5. The number of allylic oxidation sites excluding steroid dienone is 3. The first kappa shape index (κ1) is 21.3. The maximum Gasteiger partial charge on any atom is 0.323 e. The van der Waals surface area contributed by atoms with E-state index in [0.717, 1.165) is 49.1 Å². The van der Waals surface area contributed by atoms with E-state index in [4.69, 9.17) is 5.11 Å². The Balaban J connectivity index is 1.40. The number of unbranched alkanes of at least 4 members (excludes halogenated alkanes) is 1. The lowest BCUT2D eigenvalue weighted by molar-refractivity contribution is -0.137. The third kappa shape index (κ3) is 6.03. The molecule has 0 fully saturated rings. The molecule has 156 valence electrons. The minimum absolute atomic E-state index is 0.236. The first-order valence-corrected chi connectivity index (χ1v) is 10.1. The number of carbonyl (C=O) groups is 1. The number of hydrogen-bond donors (Lipinski definition) is 2. The number of nitrogens with one attached hydrogen (secondary N) is 1. The van der Waals surface area contributed by atoms with E-state index in [0.29, 0.717) is 5.92 Å². The topological polar surface area (TPSA) is 99.2 Å². The zero-order chi connectivity index (χ0) is 21.3. The summed E-state index contributed by atoms with van der Waals surface area (Å²) in [5.74, 6) is 1.40. The van der Waals surface area contributed by atoms with E-state index in [2.05, 4.69) is 28.2 Å². The summed E-state index contributed by atoms with van der Waals surface area (Å²) in [5.41, 5.74) is 4.33. The molecule has 2 N–H and O–H groups in total. The number of hydrogen-bond acceptors (Lipinski definition) is 5. The van der Waals surface area contributed by atoms with Gasteiger partial charge in [-0.25, -0.2) is 4.79 Å². The normalized spacial score (nSPS) is 14.4. The van der Waals surface area contributed by atoms with Crippen molar-refractivity contribution in [1.29, 1.82) is 0 Å². The molecule has 0 aliphatic carbocycles. The zero-order valence-electron chi connectivity index (χ0n) is 17.0. The molecule has 7 nitrogen and oxygen atoms in total. The number of carboxylic acid groups (broad SMARTS) is 1. The van der Waals surface area contributed by atoms with Crippen molar-refractivity contribution in [3.05, 3.63) is 65.8 Å². The predicted octanol–water partition coefficient (Wildman–Crippen LogP) is 3.77. The molecule has 30 heavy (non-hydrogen) atoms. The van der Waals surface area contributed by atoms with E-state index in [1.807, 2.05) is 30.3 Å². The Hall–Kier alpha value is -3.44. The van der Waals surface area contributed by atoms with Crippen molar-refractivity contribution in [2.24, 2.45) is 5.92 Å². The fraction of sp³-hybridized carbons (Fsp3) is 0.348. The van der Waals surface area contributed by atoms with Gasteiger partial charge in [0.1, 0.15) is 12.2 Å². The number of aromatic nitrogens is 3. The summed E-state index contributed by atoms with van der Waals surface area (Å²) in [7, 11) is 0. The van der Waals surface area contributed by atoms with Crippen LogP contribution in [0.1, 0.15) is 38.2 Å². The summed E-state index contributed by atoms with van der Waals surface area (Å²) >= 11 is 0. The van der Waals surface area contributed by atoms with Crippen molar-refractivity contribution in [2.45, 2.75) is 39.0 Å². The van der Waals surface area contributed by atoms with Crippen LogP contribution in [0, 0.1) is 5.92 Å². The highest BCUT2D eigenvalue weighted by molar-refractivity contribution is 5.71. The van der Waals surface area contributed by atoms with E-state index in [9.17, 15) is 9.59 Å². The number of H-pyrrole nitrogens is 1. The summed E-state index contributed by atoms with van der Waals surface area (Å²) in [6, 6.07) is 6.04. The summed E-state index contributed by atoms with van der Waals surface area (Å²) in [5, 5.41) is 15.8. The molecule has 7 heteroatoms. The van der Waals surface area contributed by atoms with Gasteiger partial charge in [0.05, 0.1) is 11.4 Å². The van der Waals surface area contributed by atoms with Gasteiger partial charge < -0.3 is 10.0 Å². The molecular formula is C23H26N4O3. The Morgan fingerprint density at radius 3 is 2.83 bits per heavy atom. The number of aliphatic carboxylic acids is 1. The molecule has 3 rings (SSSR count). The first-order valence-electron chi connectivity index (χ1n) is 10.1. The van der Waals surface area contributed by atoms with Crippen LogP contribution in [0.25, 0.3) is 11.4 Å². The average Bonchev–Trinajstić information content (AvgIpc) is 3.27. The monoisotopic (exact) mass is 406 g/mol. The minimum atomic E-state index is -0.982. The van der Waals surface area contributed by atoms with E-state index >= 15 is 0 Å². The highest BCUT2D eigenvalue weighted by atomic mass is 16.4. The van der Waals surface area contributed by atoms with Crippen LogP contribution < -0.4 is 0 Å². The van der Waals surface area contributed by atoms with Crippen molar-refractivity contribution in [3.63, 3.8) is 0 Å². The van der Waals surface area contributed by atoms with Gasteiger partial charge in [-0.3, -0.25) is 14.9 Å². The van der Waals surface area contributed by atoms with Gasteiger partial charge >= 0.3 is 5.97 Å². The molecule has 0 aromatic carbocycles. The van der Waals surface area contributed by atoms with Gasteiger partial charge in [-0.15, -0.1) is 0 Å². The fourth-order valence-electron chi connectivity index (χ4n) is 3.53. The lowest BCUT2D eigenvalue weighted by atomic mass is 9.95. The molecule has 2 aromatic rings. The summed E-state index contributed by atoms with van der Waals surface area (Å²) < 4.78 is 0. The Labute approximate surface area is 175 Å². The summed E-state index contributed by atoms with van der Waals surface area (Å²) in [6.45, 7) is 2.01. The van der Waals surface area contributed by atoms with Crippen LogP contribution in [-0.4, -0.2) is 43.6 Å². The van der Waals surface area contributed by atoms with E-state index in [-0.39, 0.29) is 12.2 Å². The second-order valence-corrected chi connectivity index (χ2v) is 7.62. The van der Waals surface area contributed by atoms with Crippen LogP contribution in [0.4, 0.5) is 0 Å². The van der Waals surface area contributed by atoms with Crippen LogP contribution in [0.5, 0.6) is 0 Å². The van der Waals surface area contributed by atoms with Crippen LogP contribution in [0.2, 0.25) is 0 Å².